The summed E-state index contributed by atoms with van der Waals surface area (Å²) in [6.45, 7) is 0.560. The quantitative estimate of drug-likeness (QED) is 0.796. The van der Waals surface area contributed by atoms with Crippen molar-refractivity contribution in [3.05, 3.63) is 47.5 Å². The number of hydrogen-bond donors (Lipinski definition) is 1. The van der Waals surface area contributed by atoms with Crippen LogP contribution >= 0.6 is 0 Å². The molecule has 2 fully saturated rings. The zero-order chi connectivity index (χ0) is 20.6. The maximum atomic E-state index is 11.5. The third kappa shape index (κ3) is 3.19. The van der Waals surface area contributed by atoms with E-state index in [1.54, 1.807) is 28.4 Å². The second-order valence-corrected chi connectivity index (χ2v) is 7.27. The Bertz CT molecular complexity index is 883. The van der Waals surface area contributed by atoms with Crippen LogP contribution in [-0.4, -0.2) is 52.4 Å². The highest BCUT2D eigenvalue weighted by Gasteiger charge is 2.59. The van der Waals surface area contributed by atoms with Gasteiger partial charge < -0.3 is 33.5 Å². The van der Waals surface area contributed by atoms with Gasteiger partial charge in [-0.3, -0.25) is 0 Å². The largest absolute Gasteiger partial charge is 0.493 e. The first-order chi connectivity index (χ1) is 14.0. The number of methoxy groups -OCH3 is 4. The zero-order valence-electron chi connectivity index (χ0n) is 17.0. The summed E-state index contributed by atoms with van der Waals surface area (Å²) in [5.74, 6) is 2.29. The van der Waals surface area contributed by atoms with E-state index in [1.165, 1.54) is 0 Å². The van der Waals surface area contributed by atoms with Crippen LogP contribution in [0.15, 0.2) is 36.4 Å². The lowest BCUT2D eigenvalue weighted by Crippen LogP contribution is -2.39. The lowest BCUT2D eigenvalue weighted by atomic mass is 9.81. The van der Waals surface area contributed by atoms with Crippen molar-refractivity contribution in [2.75, 3.05) is 41.7 Å². The Balaban J connectivity index is 1.63. The molecule has 2 aliphatic rings. The Morgan fingerprint density at radius 3 is 1.93 bits per heavy atom. The third-order valence-corrected chi connectivity index (χ3v) is 5.84. The standard InChI is InChI=1S/C22H26O7/c1-24-16-7-5-13(9-18(16)26-3)20-15-11-28-21(22(15,23)12-29-20)14-6-8-17(25-2)19(10-14)27-4/h5-10,15,20-21,23H,11-12H2,1-4H3/t15-,20-,21-,22+/m1/s1. The molecular formula is C22H26O7. The summed E-state index contributed by atoms with van der Waals surface area (Å²) in [6, 6.07) is 11.2. The predicted molar refractivity (Wildman–Crippen MR) is 105 cm³/mol. The van der Waals surface area contributed by atoms with E-state index in [9.17, 15) is 5.11 Å². The summed E-state index contributed by atoms with van der Waals surface area (Å²) >= 11 is 0. The lowest BCUT2D eigenvalue weighted by molar-refractivity contribution is -0.0628. The van der Waals surface area contributed by atoms with E-state index in [0.717, 1.165) is 11.1 Å². The van der Waals surface area contributed by atoms with Crippen LogP contribution in [0, 0.1) is 5.92 Å². The van der Waals surface area contributed by atoms with E-state index in [2.05, 4.69) is 0 Å². The molecule has 2 saturated heterocycles. The minimum atomic E-state index is -1.14. The summed E-state index contributed by atoms with van der Waals surface area (Å²) < 4.78 is 33.5. The molecule has 1 N–H and O–H groups in total. The van der Waals surface area contributed by atoms with E-state index in [-0.39, 0.29) is 18.6 Å². The van der Waals surface area contributed by atoms with E-state index < -0.39 is 11.7 Å². The summed E-state index contributed by atoms with van der Waals surface area (Å²) in [5.41, 5.74) is 0.599. The van der Waals surface area contributed by atoms with Gasteiger partial charge in [0, 0.05) is 5.92 Å². The highest BCUT2D eigenvalue weighted by Crippen LogP contribution is 2.54. The van der Waals surface area contributed by atoms with Crippen LogP contribution in [0.2, 0.25) is 0 Å². The molecule has 0 saturated carbocycles. The van der Waals surface area contributed by atoms with Crippen molar-refractivity contribution in [2.24, 2.45) is 5.92 Å². The van der Waals surface area contributed by atoms with Gasteiger partial charge in [0.1, 0.15) is 11.7 Å². The van der Waals surface area contributed by atoms with Crippen LogP contribution < -0.4 is 18.9 Å². The lowest BCUT2D eigenvalue weighted by Gasteiger charge is -2.27. The number of rotatable bonds is 6. The first-order valence-electron chi connectivity index (χ1n) is 9.45. The fourth-order valence-electron chi connectivity index (χ4n) is 4.31. The molecule has 7 nitrogen and oxygen atoms in total. The highest BCUT2D eigenvalue weighted by atomic mass is 16.6. The Morgan fingerprint density at radius 2 is 1.34 bits per heavy atom. The van der Waals surface area contributed by atoms with Crippen molar-refractivity contribution < 1.29 is 33.5 Å². The van der Waals surface area contributed by atoms with Gasteiger partial charge in [-0.15, -0.1) is 0 Å². The molecule has 0 spiro atoms. The van der Waals surface area contributed by atoms with Crippen LogP contribution in [0.5, 0.6) is 23.0 Å². The summed E-state index contributed by atoms with van der Waals surface area (Å²) in [7, 11) is 6.37. The molecule has 0 bridgehead atoms. The number of fused-ring (bicyclic) bond motifs is 1. The number of aliphatic hydroxyl groups is 1. The Hall–Kier alpha value is -2.48. The van der Waals surface area contributed by atoms with Crippen LogP contribution in [-0.2, 0) is 9.47 Å². The maximum Gasteiger partial charge on any atom is 0.161 e. The highest BCUT2D eigenvalue weighted by molar-refractivity contribution is 5.46. The smallest absolute Gasteiger partial charge is 0.161 e. The molecule has 2 aromatic rings. The second-order valence-electron chi connectivity index (χ2n) is 7.27. The van der Waals surface area contributed by atoms with Gasteiger partial charge in [-0.1, -0.05) is 12.1 Å². The second kappa shape index (κ2) is 7.74. The summed E-state index contributed by atoms with van der Waals surface area (Å²) in [6.07, 6.45) is -0.817. The average molecular weight is 402 g/mol. The van der Waals surface area contributed by atoms with Crippen LogP contribution in [0.4, 0.5) is 0 Å². The third-order valence-electron chi connectivity index (χ3n) is 5.84. The maximum absolute atomic E-state index is 11.5. The first-order valence-corrected chi connectivity index (χ1v) is 9.45. The minimum absolute atomic E-state index is 0.176. The molecule has 0 aromatic heterocycles. The molecule has 2 aromatic carbocycles. The molecular weight excluding hydrogens is 376 g/mol. The molecule has 2 heterocycles. The van der Waals surface area contributed by atoms with Gasteiger partial charge in [0.05, 0.1) is 47.8 Å². The van der Waals surface area contributed by atoms with E-state index in [4.69, 9.17) is 28.4 Å². The van der Waals surface area contributed by atoms with Gasteiger partial charge in [0.2, 0.25) is 0 Å². The molecule has 4 atom stereocenters. The molecule has 0 amide bonds. The molecule has 156 valence electrons. The van der Waals surface area contributed by atoms with Crippen LogP contribution in [0.25, 0.3) is 0 Å². The molecule has 29 heavy (non-hydrogen) atoms. The number of benzene rings is 2. The average Bonchev–Trinajstić information content (AvgIpc) is 3.27. The van der Waals surface area contributed by atoms with E-state index >= 15 is 0 Å². The molecule has 0 radical (unpaired) electrons. The van der Waals surface area contributed by atoms with Gasteiger partial charge in [0.25, 0.3) is 0 Å². The Kier molecular flexibility index (Phi) is 5.29. The van der Waals surface area contributed by atoms with Crippen LogP contribution in [0.1, 0.15) is 23.3 Å². The Morgan fingerprint density at radius 1 is 0.793 bits per heavy atom. The van der Waals surface area contributed by atoms with Crippen molar-refractivity contribution in [2.45, 2.75) is 17.8 Å². The van der Waals surface area contributed by atoms with Gasteiger partial charge >= 0.3 is 0 Å². The minimum Gasteiger partial charge on any atom is -0.493 e. The van der Waals surface area contributed by atoms with Crippen molar-refractivity contribution in [3.8, 4) is 23.0 Å². The molecule has 2 aliphatic heterocycles. The Labute approximate surface area is 170 Å². The van der Waals surface area contributed by atoms with Gasteiger partial charge in [-0.05, 0) is 35.4 Å². The zero-order valence-corrected chi connectivity index (χ0v) is 17.0. The topological polar surface area (TPSA) is 75.6 Å². The van der Waals surface area contributed by atoms with Gasteiger partial charge in [0.15, 0.2) is 23.0 Å². The first kappa shape index (κ1) is 19.8. The fraction of sp³-hybridized carbons (Fsp3) is 0.455. The summed E-state index contributed by atoms with van der Waals surface area (Å²) in [5, 5.41) is 11.5. The number of ether oxygens (including phenoxy) is 6. The number of hydrogen-bond acceptors (Lipinski definition) is 7. The fourth-order valence-corrected chi connectivity index (χ4v) is 4.31. The van der Waals surface area contributed by atoms with Crippen molar-refractivity contribution in [3.63, 3.8) is 0 Å². The van der Waals surface area contributed by atoms with Gasteiger partial charge in [-0.2, -0.15) is 0 Å². The predicted octanol–water partition coefficient (Wildman–Crippen LogP) is 2.91. The van der Waals surface area contributed by atoms with Crippen molar-refractivity contribution >= 4 is 0 Å². The van der Waals surface area contributed by atoms with E-state index in [1.807, 2.05) is 36.4 Å². The SMILES string of the molecule is COc1ccc([C@H]2OC[C@@]3(O)[C@@H](c4ccc(OC)c(OC)c4)OC[C@H]23)cc1OC. The van der Waals surface area contributed by atoms with Crippen molar-refractivity contribution in [1.82, 2.24) is 0 Å². The molecule has 4 rings (SSSR count). The summed E-state index contributed by atoms with van der Waals surface area (Å²) in [4.78, 5) is 0. The monoisotopic (exact) mass is 402 g/mol. The molecule has 0 aliphatic carbocycles. The van der Waals surface area contributed by atoms with Crippen molar-refractivity contribution in [1.29, 1.82) is 0 Å². The van der Waals surface area contributed by atoms with Gasteiger partial charge in [-0.25, -0.2) is 0 Å². The van der Waals surface area contributed by atoms with E-state index in [0.29, 0.717) is 29.6 Å². The molecule has 0 unspecified atom stereocenters. The van der Waals surface area contributed by atoms with Crippen LogP contribution in [0.3, 0.4) is 0 Å². The normalized spacial score (nSPS) is 28.1. The molecule has 7 heteroatoms.